The third-order valence-electron chi connectivity index (χ3n) is 3.31. The van der Waals surface area contributed by atoms with Crippen LogP contribution in [-0.2, 0) is 17.0 Å². The average molecular weight is 291 g/mol. The summed E-state index contributed by atoms with van der Waals surface area (Å²) in [6, 6.07) is 3.59. The van der Waals surface area contributed by atoms with Gasteiger partial charge in [0, 0.05) is 13.2 Å². The fourth-order valence-corrected chi connectivity index (χ4v) is 2.61. The van der Waals surface area contributed by atoms with Crippen molar-refractivity contribution in [3.05, 3.63) is 23.7 Å². The number of furan rings is 1. The maximum atomic E-state index is 12.0. The second-order valence-electron chi connectivity index (χ2n) is 4.70. The minimum atomic E-state index is -2.35. The van der Waals surface area contributed by atoms with Gasteiger partial charge in [0.05, 0.1) is 18.4 Å². The first-order valence-electron chi connectivity index (χ1n) is 6.45. The molecule has 1 aliphatic heterocycles. The quantitative estimate of drug-likeness (QED) is 0.836. The van der Waals surface area contributed by atoms with Crippen LogP contribution in [0.1, 0.15) is 24.9 Å². The van der Waals surface area contributed by atoms with E-state index in [1.54, 1.807) is 6.07 Å². The van der Waals surface area contributed by atoms with E-state index >= 15 is 0 Å². The molecule has 19 heavy (non-hydrogen) atoms. The normalized spacial score (nSPS) is 23.4. The lowest BCUT2D eigenvalue weighted by Gasteiger charge is -2.13. The van der Waals surface area contributed by atoms with E-state index in [1.807, 2.05) is 6.07 Å². The molecule has 0 bridgehead atoms. The van der Waals surface area contributed by atoms with Gasteiger partial charge in [-0.05, 0) is 31.4 Å². The Morgan fingerprint density at radius 3 is 2.89 bits per heavy atom. The zero-order valence-electron chi connectivity index (χ0n) is 10.9. The molecular weight excluding hydrogens is 272 g/mol. The van der Waals surface area contributed by atoms with Gasteiger partial charge in [-0.2, -0.15) is 8.78 Å². The van der Waals surface area contributed by atoms with Crippen molar-refractivity contribution < 1.29 is 17.9 Å². The minimum Gasteiger partial charge on any atom is -0.464 e. The lowest BCUT2D eigenvalue weighted by atomic mass is 10.0. The van der Waals surface area contributed by atoms with Gasteiger partial charge in [-0.1, -0.05) is 11.8 Å². The van der Waals surface area contributed by atoms with Crippen molar-refractivity contribution in [3.63, 3.8) is 0 Å². The summed E-state index contributed by atoms with van der Waals surface area (Å²) in [5, 5.41) is 3.32. The molecule has 1 saturated heterocycles. The molecule has 1 aromatic rings. The summed E-state index contributed by atoms with van der Waals surface area (Å²) in [6.07, 6.45) is 1.39. The van der Waals surface area contributed by atoms with Crippen molar-refractivity contribution in [2.45, 2.75) is 37.5 Å². The minimum absolute atomic E-state index is 0.213. The molecule has 0 aliphatic carbocycles. The number of ether oxygens (including phenoxy) is 1. The van der Waals surface area contributed by atoms with Gasteiger partial charge in [-0.25, -0.2) is 0 Å². The lowest BCUT2D eigenvalue weighted by molar-refractivity contribution is 0.105. The van der Waals surface area contributed by atoms with E-state index in [2.05, 4.69) is 12.2 Å². The molecule has 0 aromatic carbocycles. The Balaban J connectivity index is 1.68. The molecule has 6 heteroatoms. The number of rotatable bonds is 7. The Hall–Kier alpha value is -0.590. The SMILES string of the molecule is CC1OCCC1CNCc1ccc(CSC(F)F)o1. The fourth-order valence-electron chi connectivity index (χ4n) is 2.16. The molecule has 2 atom stereocenters. The van der Waals surface area contributed by atoms with Crippen LogP contribution in [0.2, 0.25) is 0 Å². The lowest BCUT2D eigenvalue weighted by Crippen LogP contribution is -2.26. The molecule has 1 N–H and O–H groups in total. The van der Waals surface area contributed by atoms with Gasteiger partial charge >= 0.3 is 0 Å². The second kappa shape index (κ2) is 7.26. The number of alkyl halides is 2. The van der Waals surface area contributed by atoms with Gasteiger partial charge in [0.2, 0.25) is 0 Å². The van der Waals surface area contributed by atoms with E-state index < -0.39 is 5.76 Å². The van der Waals surface area contributed by atoms with Gasteiger partial charge in [0.15, 0.2) is 0 Å². The highest BCUT2D eigenvalue weighted by molar-refractivity contribution is 7.98. The Kier molecular flexibility index (Phi) is 5.66. The number of hydrogen-bond donors (Lipinski definition) is 1. The highest BCUT2D eigenvalue weighted by atomic mass is 32.2. The zero-order valence-corrected chi connectivity index (χ0v) is 11.7. The van der Waals surface area contributed by atoms with Gasteiger partial charge in [-0.3, -0.25) is 0 Å². The first-order valence-corrected chi connectivity index (χ1v) is 7.49. The number of hydrogen-bond acceptors (Lipinski definition) is 4. The Morgan fingerprint density at radius 2 is 2.21 bits per heavy atom. The summed E-state index contributed by atoms with van der Waals surface area (Å²) in [5.41, 5.74) is 0. The standard InChI is InChI=1S/C13H19F2NO2S/c1-9-10(4-5-17-9)6-16-7-11-2-3-12(18-11)8-19-13(14)15/h2-3,9-10,13,16H,4-8H2,1H3. The maximum Gasteiger partial charge on any atom is 0.284 e. The van der Waals surface area contributed by atoms with Gasteiger partial charge < -0.3 is 14.5 Å². The Morgan fingerprint density at radius 1 is 1.42 bits per heavy atom. The fraction of sp³-hybridized carbons (Fsp3) is 0.692. The van der Waals surface area contributed by atoms with E-state index in [1.165, 1.54) is 0 Å². The smallest absolute Gasteiger partial charge is 0.284 e. The average Bonchev–Trinajstić information content (AvgIpc) is 2.97. The monoisotopic (exact) mass is 291 g/mol. The largest absolute Gasteiger partial charge is 0.464 e. The van der Waals surface area contributed by atoms with Gasteiger partial charge in [-0.15, -0.1) is 0 Å². The summed E-state index contributed by atoms with van der Waals surface area (Å²) in [5.74, 6) is -0.207. The molecule has 2 unspecified atom stereocenters. The van der Waals surface area contributed by atoms with Crippen LogP contribution in [0.15, 0.2) is 16.5 Å². The molecular formula is C13H19F2NO2S. The van der Waals surface area contributed by atoms with Crippen molar-refractivity contribution in [2.24, 2.45) is 5.92 Å². The third-order valence-corrected chi connectivity index (χ3v) is 4.01. The first-order chi connectivity index (χ1) is 9.15. The van der Waals surface area contributed by atoms with Crippen molar-refractivity contribution in [3.8, 4) is 0 Å². The molecule has 2 rings (SSSR count). The number of halogens is 2. The van der Waals surface area contributed by atoms with Crippen LogP contribution in [-0.4, -0.2) is 25.0 Å². The van der Waals surface area contributed by atoms with Crippen LogP contribution in [0.25, 0.3) is 0 Å². The molecule has 3 nitrogen and oxygen atoms in total. The summed E-state index contributed by atoms with van der Waals surface area (Å²) in [4.78, 5) is 0. The molecule has 1 aliphatic rings. The molecule has 0 saturated carbocycles. The van der Waals surface area contributed by atoms with Gasteiger partial charge in [0.25, 0.3) is 5.76 Å². The van der Waals surface area contributed by atoms with Gasteiger partial charge in [0.1, 0.15) is 11.5 Å². The van der Waals surface area contributed by atoms with E-state index in [9.17, 15) is 8.78 Å². The van der Waals surface area contributed by atoms with Crippen LogP contribution in [0.4, 0.5) is 8.78 Å². The van der Waals surface area contributed by atoms with Crippen molar-refractivity contribution in [1.82, 2.24) is 5.32 Å². The predicted octanol–water partition coefficient (Wildman–Crippen LogP) is 3.25. The third kappa shape index (κ3) is 4.78. The van der Waals surface area contributed by atoms with E-state index in [-0.39, 0.29) is 5.75 Å². The van der Waals surface area contributed by atoms with Crippen LogP contribution in [0.5, 0.6) is 0 Å². The molecule has 108 valence electrons. The summed E-state index contributed by atoms with van der Waals surface area (Å²) < 4.78 is 35.0. The molecule has 1 fully saturated rings. The van der Waals surface area contributed by atoms with Crippen molar-refractivity contribution in [2.75, 3.05) is 13.2 Å². The summed E-state index contributed by atoms with van der Waals surface area (Å²) in [7, 11) is 0. The van der Waals surface area contributed by atoms with Crippen molar-refractivity contribution >= 4 is 11.8 Å². The highest BCUT2D eigenvalue weighted by Gasteiger charge is 2.23. The van der Waals surface area contributed by atoms with E-state index in [4.69, 9.17) is 9.15 Å². The molecule has 0 amide bonds. The van der Waals surface area contributed by atoms with E-state index in [0.29, 0.717) is 36.1 Å². The van der Waals surface area contributed by atoms with E-state index in [0.717, 1.165) is 25.3 Å². The molecule has 0 spiro atoms. The first kappa shape index (κ1) is 14.8. The summed E-state index contributed by atoms with van der Waals surface area (Å²) >= 11 is 0.578. The second-order valence-corrected chi connectivity index (χ2v) is 5.67. The summed E-state index contributed by atoms with van der Waals surface area (Å²) in [6.45, 7) is 4.45. The maximum absolute atomic E-state index is 12.0. The van der Waals surface area contributed by atoms with Crippen LogP contribution in [0, 0.1) is 5.92 Å². The molecule has 1 aromatic heterocycles. The van der Waals surface area contributed by atoms with Crippen molar-refractivity contribution in [1.29, 1.82) is 0 Å². The molecule has 2 heterocycles. The predicted molar refractivity (Wildman–Crippen MR) is 71.2 cm³/mol. The molecule has 0 radical (unpaired) electrons. The zero-order chi connectivity index (χ0) is 13.7. The Labute approximate surface area is 116 Å². The highest BCUT2D eigenvalue weighted by Crippen LogP contribution is 2.22. The van der Waals surface area contributed by atoms with Crippen LogP contribution in [0.3, 0.4) is 0 Å². The van der Waals surface area contributed by atoms with Crippen LogP contribution >= 0.6 is 11.8 Å². The number of thioether (sulfide) groups is 1. The number of nitrogens with one attached hydrogen (secondary N) is 1. The van der Waals surface area contributed by atoms with Crippen LogP contribution < -0.4 is 5.32 Å². The Bertz CT molecular complexity index is 386. The topological polar surface area (TPSA) is 34.4 Å².